The fourth-order valence-electron chi connectivity index (χ4n) is 3.69. The first-order valence-corrected chi connectivity index (χ1v) is 10.7. The maximum atomic E-state index is 13.2. The lowest BCUT2D eigenvalue weighted by atomic mass is 10.1. The van der Waals surface area contributed by atoms with E-state index in [9.17, 15) is 9.59 Å². The van der Waals surface area contributed by atoms with Crippen molar-refractivity contribution in [2.24, 2.45) is 0 Å². The van der Waals surface area contributed by atoms with Gasteiger partial charge in [0.05, 0.1) is 23.3 Å². The summed E-state index contributed by atoms with van der Waals surface area (Å²) in [7, 11) is 1.63. The molecule has 0 N–H and O–H groups in total. The van der Waals surface area contributed by atoms with Crippen LogP contribution in [0, 0.1) is 0 Å². The molecule has 7 heteroatoms. The number of hydrogen-bond donors (Lipinski definition) is 0. The highest BCUT2D eigenvalue weighted by Crippen LogP contribution is 2.44. The van der Waals surface area contributed by atoms with E-state index in [0.29, 0.717) is 34.3 Å². The molecule has 0 unspecified atom stereocenters. The fourth-order valence-corrected chi connectivity index (χ4v) is 5.07. The molecule has 2 amide bonds. The van der Waals surface area contributed by atoms with Gasteiger partial charge in [-0.1, -0.05) is 66.5 Å². The second-order valence-corrected chi connectivity index (χ2v) is 8.46. The minimum absolute atomic E-state index is 0.193. The van der Waals surface area contributed by atoms with E-state index in [0.717, 1.165) is 22.6 Å². The summed E-state index contributed by atoms with van der Waals surface area (Å²) in [5.74, 6) is 0.362. The Labute approximate surface area is 185 Å². The smallest absolute Gasteiger partial charge is 0.267 e. The Hall–Kier alpha value is -2.90. The average molecular weight is 437 g/mol. The molecule has 2 aromatic rings. The molecule has 2 aliphatic heterocycles. The summed E-state index contributed by atoms with van der Waals surface area (Å²) in [6, 6.07) is 15.2. The Bertz CT molecular complexity index is 1090. The Morgan fingerprint density at radius 3 is 2.57 bits per heavy atom. The standard InChI is InChI=1S/C23H20N2O3S2/c1-3-13-24-17-10-6-5-9-16(17)19(21(24)26)20-22(27)25(23(29)30-20)14-12-15-8-4-7-11-18(15)28-2/h3-11H,1,12-14H2,2H3. The second-order valence-electron chi connectivity index (χ2n) is 6.81. The first-order valence-electron chi connectivity index (χ1n) is 9.48. The van der Waals surface area contributed by atoms with E-state index in [1.54, 1.807) is 23.0 Å². The van der Waals surface area contributed by atoms with Crippen molar-refractivity contribution in [1.29, 1.82) is 0 Å². The molecular formula is C23H20N2O3S2. The van der Waals surface area contributed by atoms with Crippen molar-refractivity contribution < 1.29 is 14.3 Å². The molecule has 2 aliphatic rings. The number of carbonyl (C=O) groups excluding carboxylic acids is 2. The molecular weight excluding hydrogens is 416 g/mol. The molecule has 4 rings (SSSR count). The van der Waals surface area contributed by atoms with Gasteiger partial charge < -0.3 is 9.64 Å². The van der Waals surface area contributed by atoms with E-state index in [4.69, 9.17) is 17.0 Å². The van der Waals surface area contributed by atoms with Gasteiger partial charge in [-0.25, -0.2) is 0 Å². The number of rotatable bonds is 6. The van der Waals surface area contributed by atoms with Gasteiger partial charge in [0.1, 0.15) is 10.1 Å². The lowest BCUT2D eigenvalue weighted by Crippen LogP contribution is -2.31. The summed E-state index contributed by atoms with van der Waals surface area (Å²) in [5, 5.41) is 0. The van der Waals surface area contributed by atoms with Crippen molar-refractivity contribution in [3.63, 3.8) is 0 Å². The first-order chi connectivity index (χ1) is 14.6. The normalized spacial score (nSPS) is 18.2. The van der Waals surface area contributed by atoms with Crippen LogP contribution in [0.5, 0.6) is 5.75 Å². The predicted molar refractivity (Wildman–Crippen MR) is 125 cm³/mol. The van der Waals surface area contributed by atoms with Gasteiger partial charge in [-0.2, -0.15) is 0 Å². The minimum Gasteiger partial charge on any atom is -0.496 e. The van der Waals surface area contributed by atoms with Crippen LogP contribution < -0.4 is 9.64 Å². The number of carbonyl (C=O) groups is 2. The van der Waals surface area contributed by atoms with Crippen LogP contribution in [0.4, 0.5) is 5.69 Å². The average Bonchev–Trinajstić information content (AvgIpc) is 3.19. The number of nitrogens with zero attached hydrogens (tertiary/aromatic N) is 2. The molecule has 30 heavy (non-hydrogen) atoms. The third kappa shape index (κ3) is 3.44. The van der Waals surface area contributed by atoms with Crippen molar-refractivity contribution in [2.45, 2.75) is 6.42 Å². The van der Waals surface area contributed by atoms with Crippen LogP contribution in [0.25, 0.3) is 5.57 Å². The number of thiocarbonyl (C=S) groups is 1. The molecule has 5 nitrogen and oxygen atoms in total. The van der Waals surface area contributed by atoms with Gasteiger partial charge in [0.15, 0.2) is 0 Å². The Kier molecular flexibility index (Phi) is 5.74. The summed E-state index contributed by atoms with van der Waals surface area (Å²) in [5.41, 5.74) is 2.97. The number of para-hydroxylation sites is 2. The van der Waals surface area contributed by atoms with Crippen LogP contribution in [-0.2, 0) is 16.0 Å². The highest BCUT2D eigenvalue weighted by Gasteiger charge is 2.41. The van der Waals surface area contributed by atoms with Crippen molar-refractivity contribution >= 4 is 51.4 Å². The van der Waals surface area contributed by atoms with Crippen LogP contribution >= 0.6 is 24.0 Å². The van der Waals surface area contributed by atoms with Crippen LogP contribution in [0.3, 0.4) is 0 Å². The molecule has 0 bridgehead atoms. The number of ether oxygens (including phenoxy) is 1. The molecule has 0 spiro atoms. The summed E-state index contributed by atoms with van der Waals surface area (Å²) < 4.78 is 5.86. The Balaban J connectivity index is 1.64. The van der Waals surface area contributed by atoms with E-state index in [1.807, 2.05) is 48.5 Å². The lowest BCUT2D eigenvalue weighted by molar-refractivity contribution is -0.122. The summed E-state index contributed by atoms with van der Waals surface area (Å²) in [4.78, 5) is 30.0. The molecule has 2 heterocycles. The maximum absolute atomic E-state index is 13.2. The SMILES string of the molecule is C=CCN1C(=O)C(=C2SC(=S)N(CCc3ccccc3OC)C2=O)c2ccccc21. The Morgan fingerprint density at radius 2 is 1.80 bits per heavy atom. The number of anilines is 1. The number of benzene rings is 2. The fraction of sp³-hybridized carbons (Fsp3) is 0.174. The molecule has 1 fully saturated rings. The molecule has 0 atom stereocenters. The van der Waals surface area contributed by atoms with Crippen LogP contribution in [0.2, 0.25) is 0 Å². The predicted octanol–water partition coefficient (Wildman–Crippen LogP) is 4.04. The minimum atomic E-state index is -0.224. The molecule has 0 aromatic heterocycles. The van der Waals surface area contributed by atoms with Gasteiger partial charge in [-0.15, -0.1) is 6.58 Å². The number of fused-ring (bicyclic) bond motifs is 1. The van der Waals surface area contributed by atoms with Gasteiger partial charge in [-0.05, 0) is 24.1 Å². The van der Waals surface area contributed by atoms with E-state index in [1.165, 1.54) is 11.8 Å². The highest BCUT2D eigenvalue weighted by molar-refractivity contribution is 8.26. The molecule has 1 saturated heterocycles. The van der Waals surface area contributed by atoms with Crippen molar-refractivity contribution in [3.8, 4) is 5.75 Å². The Morgan fingerprint density at radius 1 is 1.07 bits per heavy atom. The molecule has 0 saturated carbocycles. The van der Waals surface area contributed by atoms with Crippen molar-refractivity contribution in [3.05, 3.63) is 77.2 Å². The number of thioether (sulfide) groups is 1. The van der Waals surface area contributed by atoms with Gasteiger partial charge in [-0.3, -0.25) is 14.5 Å². The van der Waals surface area contributed by atoms with Crippen LogP contribution in [0.1, 0.15) is 11.1 Å². The van der Waals surface area contributed by atoms with Gasteiger partial charge in [0.25, 0.3) is 11.8 Å². The molecule has 152 valence electrons. The van der Waals surface area contributed by atoms with E-state index >= 15 is 0 Å². The summed E-state index contributed by atoms with van der Waals surface area (Å²) in [6.45, 7) is 4.55. The van der Waals surface area contributed by atoms with Crippen molar-refractivity contribution in [2.75, 3.05) is 25.1 Å². The van der Waals surface area contributed by atoms with E-state index in [-0.39, 0.29) is 11.8 Å². The maximum Gasteiger partial charge on any atom is 0.267 e. The summed E-state index contributed by atoms with van der Waals surface area (Å²) in [6.07, 6.45) is 2.28. The molecule has 0 aliphatic carbocycles. The number of amides is 2. The van der Waals surface area contributed by atoms with Gasteiger partial charge >= 0.3 is 0 Å². The monoisotopic (exact) mass is 436 g/mol. The lowest BCUT2D eigenvalue weighted by Gasteiger charge is -2.16. The van der Waals surface area contributed by atoms with Crippen molar-refractivity contribution in [1.82, 2.24) is 4.90 Å². The third-order valence-corrected chi connectivity index (χ3v) is 6.56. The number of hydrogen-bond acceptors (Lipinski definition) is 5. The van der Waals surface area contributed by atoms with E-state index < -0.39 is 0 Å². The second kappa shape index (κ2) is 8.45. The third-order valence-electron chi connectivity index (χ3n) is 5.11. The first kappa shape index (κ1) is 20.4. The largest absolute Gasteiger partial charge is 0.496 e. The van der Waals surface area contributed by atoms with Gasteiger partial charge in [0, 0.05) is 18.7 Å². The van der Waals surface area contributed by atoms with Gasteiger partial charge in [0.2, 0.25) is 0 Å². The molecule has 2 aromatic carbocycles. The summed E-state index contributed by atoms with van der Waals surface area (Å²) >= 11 is 6.68. The molecule has 0 radical (unpaired) electrons. The zero-order chi connectivity index (χ0) is 21.3. The zero-order valence-electron chi connectivity index (χ0n) is 16.5. The van der Waals surface area contributed by atoms with Crippen LogP contribution in [-0.4, -0.2) is 41.2 Å². The quantitative estimate of drug-likeness (QED) is 0.389. The number of methoxy groups -OCH3 is 1. The van der Waals surface area contributed by atoms with Crippen LogP contribution in [0.15, 0.2) is 66.1 Å². The zero-order valence-corrected chi connectivity index (χ0v) is 18.1. The highest BCUT2D eigenvalue weighted by atomic mass is 32.2. The van der Waals surface area contributed by atoms with E-state index in [2.05, 4.69) is 6.58 Å². The topological polar surface area (TPSA) is 49.9 Å².